The molecule has 1 aliphatic rings. The maximum absolute atomic E-state index is 13.1. The third-order valence-electron chi connectivity index (χ3n) is 5.59. The number of benzene rings is 1. The average molecular weight is 396 g/mol. The SMILES string of the molecule is Cc1cc(-c2nnc(-c3ccc(F)cc3)o2)c(C)n1CC(=O)NC1CCCCC1. The standard InChI is InChI=1S/C22H25FN4O2/c1-14-12-19(22-26-25-21(29-22)16-8-10-17(23)11-9-16)15(2)27(14)13-20(28)24-18-6-4-3-5-7-18/h8-12,18H,3-7,13H2,1-2H3,(H,24,28). The number of carbonyl (C=O) groups excluding carboxylic acids is 1. The van der Waals surface area contributed by atoms with Gasteiger partial charge in [0.15, 0.2) is 0 Å². The van der Waals surface area contributed by atoms with Gasteiger partial charge >= 0.3 is 0 Å². The minimum absolute atomic E-state index is 0.0304. The van der Waals surface area contributed by atoms with Crippen molar-refractivity contribution < 1.29 is 13.6 Å². The van der Waals surface area contributed by atoms with Crippen LogP contribution < -0.4 is 5.32 Å². The summed E-state index contributed by atoms with van der Waals surface area (Å²) in [5.74, 6) is 0.433. The first-order valence-electron chi connectivity index (χ1n) is 10.1. The monoisotopic (exact) mass is 396 g/mol. The van der Waals surface area contributed by atoms with Gasteiger partial charge in [-0.25, -0.2) is 4.39 Å². The van der Waals surface area contributed by atoms with Crippen LogP contribution in [0.25, 0.3) is 22.9 Å². The van der Waals surface area contributed by atoms with Gasteiger partial charge in [-0.15, -0.1) is 10.2 Å². The summed E-state index contributed by atoms with van der Waals surface area (Å²) in [6.07, 6.45) is 5.76. The molecular formula is C22H25FN4O2. The number of hydrogen-bond acceptors (Lipinski definition) is 4. The van der Waals surface area contributed by atoms with Crippen molar-refractivity contribution in [2.75, 3.05) is 0 Å². The minimum Gasteiger partial charge on any atom is -0.416 e. The Labute approximate surface area is 169 Å². The number of halogens is 1. The summed E-state index contributed by atoms with van der Waals surface area (Å²) in [4.78, 5) is 12.5. The lowest BCUT2D eigenvalue weighted by atomic mass is 9.95. The lowest BCUT2D eigenvalue weighted by Crippen LogP contribution is -2.38. The van der Waals surface area contributed by atoms with Crippen LogP contribution in [0.3, 0.4) is 0 Å². The quantitative estimate of drug-likeness (QED) is 0.693. The van der Waals surface area contributed by atoms with Gasteiger partial charge in [-0.3, -0.25) is 4.79 Å². The summed E-state index contributed by atoms with van der Waals surface area (Å²) in [5.41, 5.74) is 3.31. The lowest BCUT2D eigenvalue weighted by Gasteiger charge is -2.23. The van der Waals surface area contributed by atoms with Gasteiger partial charge in [0.1, 0.15) is 12.4 Å². The number of rotatable bonds is 5. The van der Waals surface area contributed by atoms with E-state index in [9.17, 15) is 9.18 Å². The Morgan fingerprint density at radius 1 is 1.14 bits per heavy atom. The van der Waals surface area contributed by atoms with Crippen molar-refractivity contribution >= 4 is 5.91 Å². The van der Waals surface area contributed by atoms with Crippen LogP contribution in [0, 0.1) is 19.7 Å². The molecule has 0 bridgehead atoms. The van der Waals surface area contributed by atoms with E-state index in [2.05, 4.69) is 15.5 Å². The lowest BCUT2D eigenvalue weighted by molar-refractivity contribution is -0.122. The first kappa shape index (κ1) is 19.4. The smallest absolute Gasteiger partial charge is 0.249 e. The summed E-state index contributed by atoms with van der Waals surface area (Å²) in [6, 6.07) is 8.16. The summed E-state index contributed by atoms with van der Waals surface area (Å²) in [7, 11) is 0. The van der Waals surface area contributed by atoms with E-state index in [0.717, 1.165) is 29.8 Å². The van der Waals surface area contributed by atoms with E-state index < -0.39 is 0 Å². The Balaban J connectivity index is 1.51. The molecule has 152 valence electrons. The van der Waals surface area contributed by atoms with Gasteiger partial charge in [-0.2, -0.15) is 0 Å². The summed E-state index contributed by atoms with van der Waals surface area (Å²) in [6.45, 7) is 4.17. The Bertz CT molecular complexity index is 1000. The highest BCUT2D eigenvalue weighted by Gasteiger charge is 2.20. The maximum Gasteiger partial charge on any atom is 0.249 e. The molecule has 1 fully saturated rings. The predicted octanol–water partition coefficient (Wildman–Crippen LogP) is 4.41. The van der Waals surface area contributed by atoms with Gasteiger partial charge in [-0.1, -0.05) is 19.3 Å². The summed E-state index contributed by atoms with van der Waals surface area (Å²) < 4.78 is 20.9. The molecule has 0 spiro atoms. The van der Waals surface area contributed by atoms with Crippen LogP contribution in [-0.4, -0.2) is 26.7 Å². The first-order valence-corrected chi connectivity index (χ1v) is 10.1. The molecule has 7 heteroatoms. The number of amides is 1. The highest BCUT2D eigenvalue weighted by atomic mass is 19.1. The molecule has 1 N–H and O–H groups in total. The zero-order valence-electron chi connectivity index (χ0n) is 16.7. The third-order valence-corrected chi connectivity index (χ3v) is 5.59. The highest BCUT2D eigenvalue weighted by molar-refractivity contribution is 5.77. The normalized spacial score (nSPS) is 14.9. The Hall–Kier alpha value is -2.96. The average Bonchev–Trinajstić information content (AvgIpc) is 3.30. The molecule has 0 unspecified atom stereocenters. The molecule has 1 amide bonds. The fraction of sp³-hybridized carbons (Fsp3) is 0.409. The van der Waals surface area contributed by atoms with Crippen molar-refractivity contribution in [1.29, 1.82) is 0 Å². The van der Waals surface area contributed by atoms with Crippen molar-refractivity contribution in [1.82, 2.24) is 20.1 Å². The van der Waals surface area contributed by atoms with Gasteiger partial charge in [-0.05, 0) is 57.0 Å². The Morgan fingerprint density at radius 2 is 1.83 bits per heavy atom. The van der Waals surface area contributed by atoms with Gasteiger partial charge in [0.25, 0.3) is 0 Å². The van der Waals surface area contributed by atoms with Crippen molar-refractivity contribution in [2.24, 2.45) is 0 Å². The second kappa shape index (κ2) is 8.19. The van der Waals surface area contributed by atoms with E-state index in [1.807, 2.05) is 24.5 Å². The van der Waals surface area contributed by atoms with Crippen LogP contribution in [0.5, 0.6) is 0 Å². The molecule has 3 aromatic rings. The molecule has 1 aliphatic carbocycles. The topological polar surface area (TPSA) is 73.0 Å². The summed E-state index contributed by atoms with van der Waals surface area (Å²) in [5, 5.41) is 11.4. The third kappa shape index (κ3) is 4.23. The molecule has 2 aromatic heterocycles. The van der Waals surface area contributed by atoms with Gasteiger partial charge in [0, 0.05) is 23.0 Å². The molecule has 0 saturated heterocycles. The van der Waals surface area contributed by atoms with Gasteiger partial charge in [0.05, 0.1) is 5.56 Å². The number of aryl methyl sites for hydroxylation is 1. The van der Waals surface area contributed by atoms with Crippen LogP contribution in [0.1, 0.15) is 43.5 Å². The fourth-order valence-corrected chi connectivity index (χ4v) is 3.97. The summed E-state index contributed by atoms with van der Waals surface area (Å²) >= 11 is 0. The van der Waals surface area contributed by atoms with Crippen molar-refractivity contribution in [2.45, 2.75) is 58.5 Å². The molecule has 29 heavy (non-hydrogen) atoms. The predicted molar refractivity (Wildman–Crippen MR) is 108 cm³/mol. The van der Waals surface area contributed by atoms with Crippen LogP contribution >= 0.6 is 0 Å². The van der Waals surface area contributed by atoms with Gasteiger partial charge < -0.3 is 14.3 Å². The molecule has 0 aliphatic heterocycles. The molecule has 0 radical (unpaired) electrons. The largest absolute Gasteiger partial charge is 0.416 e. The number of carbonyl (C=O) groups is 1. The van der Waals surface area contributed by atoms with E-state index in [1.165, 1.54) is 31.4 Å². The molecular weight excluding hydrogens is 371 g/mol. The van der Waals surface area contributed by atoms with Crippen LogP contribution in [-0.2, 0) is 11.3 Å². The van der Waals surface area contributed by atoms with Crippen molar-refractivity contribution in [3.05, 3.63) is 47.5 Å². The highest BCUT2D eigenvalue weighted by Crippen LogP contribution is 2.29. The van der Waals surface area contributed by atoms with E-state index in [1.54, 1.807) is 12.1 Å². The first-order chi connectivity index (χ1) is 14.0. The van der Waals surface area contributed by atoms with E-state index >= 15 is 0 Å². The zero-order chi connectivity index (χ0) is 20.4. The molecule has 2 heterocycles. The molecule has 1 aromatic carbocycles. The minimum atomic E-state index is -0.316. The number of hydrogen-bond donors (Lipinski definition) is 1. The molecule has 6 nitrogen and oxygen atoms in total. The fourth-order valence-electron chi connectivity index (χ4n) is 3.97. The zero-order valence-corrected chi connectivity index (χ0v) is 16.7. The molecule has 1 saturated carbocycles. The second-order valence-electron chi connectivity index (χ2n) is 7.69. The maximum atomic E-state index is 13.1. The van der Waals surface area contributed by atoms with Crippen LogP contribution in [0.2, 0.25) is 0 Å². The Kier molecular flexibility index (Phi) is 5.47. The Morgan fingerprint density at radius 3 is 2.55 bits per heavy atom. The number of nitrogens with one attached hydrogen (secondary N) is 1. The number of nitrogens with zero attached hydrogens (tertiary/aromatic N) is 3. The molecule has 0 atom stereocenters. The van der Waals surface area contributed by atoms with Crippen LogP contribution in [0.4, 0.5) is 4.39 Å². The van der Waals surface area contributed by atoms with Crippen molar-refractivity contribution in [3.63, 3.8) is 0 Å². The van der Waals surface area contributed by atoms with E-state index in [-0.39, 0.29) is 18.3 Å². The van der Waals surface area contributed by atoms with Gasteiger partial charge in [0.2, 0.25) is 17.7 Å². The molecule has 4 rings (SSSR count). The second-order valence-corrected chi connectivity index (χ2v) is 7.69. The van der Waals surface area contributed by atoms with Crippen LogP contribution in [0.15, 0.2) is 34.7 Å². The van der Waals surface area contributed by atoms with E-state index in [0.29, 0.717) is 23.4 Å². The number of aromatic nitrogens is 3. The van der Waals surface area contributed by atoms with E-state index in [4.69, 9.17) is 4.42 Å². The van der Waals surface area contributed by atoms with Crippen molar-refractivity contribution in [3.8, 4) is 22.9 Å².